The number of rotatable bonds is 9. The molecule has 0 radical (unpaired) electrons. The van der Waals surface area contributed by atoms with E-state index in [0.717, 1.165) is 24.5 Å². The van der Waals surface area contributed by atoms with Crippen molar-refractivity contribution < 1.29 is 9.90 Å². The third-order valence-electron chi connectivity index (χ3n) is 3.01. The third-order valence-corrected chi connectivity index (χ3v) is 6.60. The number of hydrogen-bond donors (Lipinski definition) is 2. The Labute approximate surface area is 126 Å². The van der Waals surface area contributed by atoms with E-state index < -0.39 is 5.97 Å². The van der Waals surface area contributed by atoms with Gasteiger partial charge in [0.25, 0.3) is 0 Å². The summed E-state index contributed by atoms with van der Waals surface area (Å²) in [7, 11) is 0. The van der Waals surface area contributed by atoms with Crippen LogP contribution >= 0.6 is 34.9 Å². The van der Waals surface area contributed by atoms with Gasteiger partial charge in [-0.05, 0) is 19.1 Å². The summed E-state index contributed by atoms with van der Waals surface area (Å²) in [6.45, 7) is 5.23. The number of aliphatic carboxylic acids is 1. The van der Waals surface area contributed by atoms with Gasteiger partial charge in [-0.2, -0.15) is 11.8 Å². The highest BCUT2D eigenvalue weighted by atomic mass is 32.2. The number of nitrogens with zero attached hydrogens (tertiary/aromatic N) is 2. The van der Waals surface area contributed by atoms with E-state index in [4.69, 9.17) is 5.11 Å². The van der Waals surface area contributed by atoms with Gasteiger partial charge in [-0.3, -0.25) is 4.79 Å². The van der Waals surface area contributed by atoms with Crippen LogP contribution in [0.25, 0.3) is 0 Å². The van der Waals surface area contributed by atoms with E-state index in [1.54, 1.807) is 0 Å². The Bertz CT molecular complexity index is 399. The average Bonchev–Trinajstić information content (AvgIpc) is 2.87. The van der Waals surface area contributed by atoms with E-state index in [1.807, 2.05) is 11.8 Å². The van der Waals surface area contributed by atoms with Crippen molar-refractivity contribution in [2.24, 2.45) is 0 Å². The molecule has 1 rings (SSSR count). The molecule has 0 aliphatic heterocycles. The fourth-order valence-electron chi connectivity index (χ4n) is 1.56. The first-order valence-electron chi connectivity index (χ1n) is 6.02. The maximum absolute atomic E-state index is 10.5. The zero-order chi connectivity index (χ0) is 14.3. The standard InChI is InChI=1S/C11H19N3O2S3/c1-4-11(5-2,17-3)7-12-9-13-14-10(19-9)18-6-8(15)16/h4-7H2,1-3H3,(H,12,13)(H,15,16). The number of carboxylic acids is 1. The summed E-state index contributed by atoms with van der Waals surface area (Å²) in [5, 5.41) is 20.7. The Balaban J connectivity index is 2.51. The fourth-order valence-corrected chi connectivity index (χ4v) is 3.82. The molecule has 0 aliphatic rings. The third kappa shape index (κ3) is 5.19. The SMILES string of the molecule is CCC(CC)(CNc1nnc(SCC(=O)O)s1)SC. The molecule has 5 nitrogen and oxygen atoms in total. The van der Waals surface area contributed by atoms with Gasteiger partial charge in [-0.15, -0.1) is 10.2 Å². The van der Waals surface area contributed by atoms with Crippen LogP contribution in [0.2, 0.25) is 0 Å². The second-order valence-corrected chi connectivity index (χ2v) is 7.48. The Morgan fingerprint density at radius 3 is 2.63 bits per heavy atom. The molecule has 1 aromatic rings. The predicted octanol–water partition coefficient (Wildman–Crippen LogP) is 3.05. The van der Waals surface area contributed by atoms with E-state index in [1.165, 1.54) is 23.1 Å². The summed E-state index contributed by atoms with van der Waals surface area (Å²) in [4.78, 5) is 10.5. The molecule has 0 spiro atoms. The lowest BCUT2D eigenvalue weighted by atomic mass is 10.0. The van der Waals surface area contributed by atoms with E-state index >= 15 is 0 Å². The molecule has 0 unspecified atom stereocenters. The summed E-state index contributed by atoms with van der Waals surface area (Å²) in [5.74, 6) is -0.819. The van der Waals surface area contributed by atoms with Gasteiger partial charge >= 0.3 is 5.97 Å². The van der Waals surface area contributed by atoms with Gasteiger partial charge in [-0.1, -0.05) is 36.9 Å². The van der Waals surface area contributed by atoms with Crippen molar-refractivity contribution in [1.29, 1.82) is 0 Å². The van der Waals surface area contributed by atoms with Gasteiger partial charge < -0.3 is 10.4 Å². The first-order valence-corrected chi connectivity index (χ1v) is 9.05. The van der Waals surface area contributed by atoms with Crippen LogP contribution in [0, 0.1) is 0 Å². The number of thioether (sulfide) groups is 2. The Hall–Kier alpha value is -0.470. The van der Waals surface area contributed by atoms with Gasteiger partial charge in [0.2, 0.25) is 5.13 Å². The minimum atomic E-state index is -0.840. The Kier molecular flexibility index (Phi) is 6.95. The van der Waals surface area contributed by atoms with E-state index in [9.17, 15) is 4.79 Å². The van der Waals surface area contributed by atoms with Crippen LogP contribution in [-0.4, -0.2) is 44.6 Å². The van der Waals surface area contributed by atoms with Crippen molar-refractivity contribution in [3.05, 3.63) is 0 Å². The zero-order valence-electron chi connectivity index (χ0n) is 11.3. The summed E-state index contributed by atoms with van der Waals surface area (Å²) >= 11 is 4.47. The molecule has 0 saturated heterocycles. The van der Waals surface area contributed by atoms with Crippen LogP contribution in [-0.2, 0) is 4.79 Å². The highest BCUT2D eigenvalue weighted by Crippen LogP contribution is 2.32. The van der Waals surface area contributed by atoms with Crippen LogP contribution in [0.1, 0.15) is 26.7 Å². The number of nitrogens with one attached hydrogen (secondary N) is 1. The lowest BCUT2D eigenvalue weighted by Gasteiger charge is -2.29. The van der Waals surface area contributed by atoms with Crippen molar-refractivity contribution in [3.63, 3.8) is 0 Å². The minimum absolute atomic E-state index is 0.0211. The maximum atomic E-state index is 10.5. The lowest BCUT2D eigenvalue weighted by molar-refractivity contribution is -0.133. The van der Waals surface area contributed by atoms with E-state index in [2.05, 4.69) is 35.6 Å². The molecule has 1 heterocycles. The summed E-state index contributed by atoms with van der Waals surface area (Å²) in [6.07, 6.45) is 4.32. The van der Waals surface area contributed by atoms with Crippen molar-refractivity contribution in [2.45, 2.75) is 35.8 Å². The minimum Gasteiger partial charge on any atom is -0.481 e. The summed E-state index contributed by atoms with van der Waals surface area (Å²) in [5.41, 5.74) is 0. The smallest absolute Gasteiger partial charge is 0.313 e. The van der Waals surface area contributed by atoms with Crippen LogP contribution in [0.3, 0.4) is 0 Å². The molecule has 108 valence electrons. The topological polar surface area (TPSA) is 75.1 Å². The second-order valence-electron chi connectivity index (χ2n) is 4.00. The first-order chi connectivity index (χ1) is 9.05. The normalized spacial score (nSPS) is 11.5. The second kappa shape index (κ2) is 7.96. The quantitative estimate of drug-likeness (QED) is 0.677. The molecule has 1 aromatic heterocycles. The molecule has 0 bridgehead atoms. The monoisotopic (exact) mass is 321 g/mol. The number of anilines is 1. The van der Waals surface area contributed by atoms with Crippen LogP contribution in [0.4, 0.5) is 5.13 Å². The maximum Gasteiger partial charge on any atom is 0.313 e. The molecule has 0 atom stereocenters. The molecular formula is C11H19N3O2S3. The predicted molar refractivity (Wildman–Crippen MR) is 83.6 cm³/mol. The van der Waals surface area contributed by atoms with Crippen LogP contribution in [0.5, 0.6) is 0 Å². The molecule has 0 aliphatic carbocycles. The van der Waals surface area contributed by atoms with E-state index in [0.29, 0.717) is 4.34 Å². The van der Waals surface area contributed by atoms with Gasteiger partial charge in [0.05, 0.1) is 5.75 Å². The van der Waals surface area contributed by atoms with Crippen LogP contribution < -0.4 is 5.32 Å². The molecule has 0 fully saturated rings. The first kappa shape index (κ1) is 16.6. The molecule has 0 aromatic carbocycles. The Morgan fingerprint density at radius 2 is 2.11 bits per heavy atom. The molecule has 8 heteroatoms. The highest BCUT2D eigenvalue weighted by Gasteiger charge is 2.25. The van der Waals surface area contributed by atoms with Gasteiger partial charge in [0.15, 0.2) is 4.34 Å². The van der Waals surface area contributed by atoms with Crippen LogP contribution in [0.15, 0.2) is 4.34 Å². The van der Waals surface area contributed by atoms with Crippen molar-refractivity contribution in [3.8, 4) is 0 Å². The van der Waals surface area contributed by atoms with Crippen molar-refractivity contribution >= 4 is 46.0 Å². The number of aromatic nitrogens is 2. The fraction of sp³-hybridized carbons (Fsp3) is 0.727. The highest BCUT2D eigenvalue weighted by molar-refractivity contribution is 8.01. The molecular weight excluding hydrogens is 302 g/mol. The number of carbonyl (C=O) groups is 1. The van der Waals surface area contributed by atoms with Gasteiger partial charge in [0, 0.05) is 11.3 Å². The van der Waals surface area contributed by atoms with Crippen molar-refractivity contribution in [1.82, 2.24) is 10.2 Å². The number of carboxylic acid groups (broad SMARTS) is 1. The van der Waals surface area contributed by atoms with Crippen molar-refractivity contribution in [2.75, 3.05) is 23.9 Å². The number of hydrogen-bond acceptors (Lipinski definition) is 7. The molecule has 0 saturated carbocycles. The van der Waals surface area contributed by atoms with Gasteiger partial charge in [0.1, 0.15) is 0 Å². The lowest BCUT2D eigenvalue weighted by Crippen LogP contribution is -2.31. The summed E-state index contributed by atoms with van der Waals surface area (Å²) in [6, 6.07) is 0. The largest absolute Gasteiger partial charge is 0.481 e. The molecule has 0 amide bonds. The molecule has 19 heavy (non-hydrogen) atoms. The van der Waals surface area contributed by atoms with Gasteiger partial charge in [-0.25, -0.2) is 0 Å². The molecule has 2 N–H and O–H groups in total. The zero-order valence-corrected chi connectivity index (χ0v) is 13.8. The van der Waals surface area contributed by atoms with E-state index in [-0.39, 0.29) is 10.5 Å². The summed E-state index contributed by atoms with van der Waals surface area (Å²) < 4.78 is 0.910. The average molecular weight is 321 g/mol. The Morgan fingerprint density at radius 1 is 1.42 bits per heavy atom.